The van der Waals surface area contributed by atoms with Crippen LogP contribution in [-0.2, 0) is 25.7 Å². The number of fused-ring (bicyclic) bond motifs is 2. The number of rotatable bonds is 2. The van der Waals surface area contributed by atoms with Gasteiger partial charge in [-0.05, 0) is 110 Å². The van der Waals surface area contributed by atoms with Crippen LogP contribution in [0.5, 0.6) is 40.2 Å². The Balaban J connectivity index is 1.42. The fourth-order valence-electron chi connectivity index (χ4n) is 6.89. The third kappa shape index (κ3) is 5.07. The maximum Gasteiger partial charge on any atom is 0.201 e. The number of nitrogens with zero attached hydrogens (tertiary/aromatic N) is 2. The summed E-state index contributed by atoms with van der Waals surface area (Å²) in [5.74, 6) is 3.77. The van der Waals surface area contributed by atoms with E-state index in [1.807, 2.05) is 30.3 Å². The number of phenols is 1. The van der Waals surface area contributed by atoms with E-state index < -0.39 is 0 Å². The third-order valence-corrected chi connectivity index (χ3v) is 9.36. The molecule has 0 saturated carbocycles. The summed E-state index contributed by atoms with van der Waals surface area (Å²) in [5.41, 5.74) is 7.05. The van der Waals surface area contributed by atoms with Gasteiger partial charge >= 0.3 is 0 Å². The normalized spacial score (nSPS) is 19.8. The number of benzene rings is 4. The predicted octanol–water partition coefficient (Wildman–Crippen LogP) is 6.85. The Bertz CT molecular complexity index is 1670. The SMILES string of the molecule is COc1ccc2cc1Oc1ccc(cc1)C[C@H]1c3cc(ccc3CCN1C)Oc1c(O)c(OC)cc3c1[C@H](C2)N(C)CC3. The molecule has 0 aliphatic carbocycles. The summed E-state index contributed by atoms with van der Waals surface area (Å²) < 4.78 is 24.4. The summed E-state index contributed by atoms with van der Waals surface area (Å²) >= 11 is 0. The predicted molar refractivity (Wildman–Crippen MR) is 166 cm³/mol. The molecule has 4 aromatic rings. The molecule has 0 fully saturated rings. The van der Waals surface area contributed by atoms with Crippen molar-refractivity contribution in [2.75, 3.05) is 41.4 Å². The number of hydrogen-bond donors (Lipinski definition) is 1. The summed E-state index contributed by atoms with van der Waals surface area (Å²) in [5, 5.41) is 11.5. The van der Waals surface area contributed by atoms with Crippen LogP contribution in [0, 0.1) is 0 Å². The lowest BCUT2D eigenvalue weighted by atomic mass is 9.87. The summed E-state index contributed by atoms with van der Waals surface area (Å²) in [4.78, 5) is 4.75. The van der Waals surface area contributed by atoms with E-state index in [2.05, 4.69) is 60.3 Å². The Labute approximate surface area is 253 Å². The van der Waals surface area contributed by atoms with Crippen LogP contribution < -0.4 is 18.9 Å². The molecule has 7 nitrogen and oxygen atoms in total. The smallest absolute Gasteiger partial charge is 0.201 e. The van der Waals surface area contributed by atoms with Gasteiger partial charge in [0.2, 0.25) is 5.75 Å². The van der Waals surface area contributed by atoms with Crippen molar-refractivity contribution in [1.29, 1.82) is 0 Å². The van der Waals surface area contributed by atoms with Crippen LogP contribution >= 0.6 is 0 Å². The number of methoxy groups -OCH3 is 2. The molecule has 43 heavy (non-hydrogen) atoms. The molecule has 4 heterocycles. The summed E-state index contributed by atoms with van der Waals surface area (Å²) in [6.07, 6.45) is 3.38. The first-order chi connectivity index (χ1) is 20.9. The summed E-state index contributed by atoms with van der Waals surface area (Å²) in [6, 6.07) is 23.0. The number of phenolic OH excluding ortho intramolecular Hbond substituents is 1. The van der Waals surface area contributed by atoms with Crippen molar-refractivity contribution in [2.24, 2.45) is 0 Å². The van der Waals surface area contributed by atoms with Gasteiger partial charge in [0.1, 0.15) is 11.5 Å². The first-order valence-electron chi connectivity index (χ1n) is 15.0. The quantitative estimate of drug-likeness (QED) is 0.279. The van der Waals surface area contributed by atoms with Crippen LogP contribution in [-0.4, -0.2) is 56.3 Å². The fraction of sp³-hybridized carbons (Fsp3) is 0.333. The Morgan fingerprint density at radius 1 is 0.698 bits per heavy atom. The zero-order chi connectivity index (χ0) is 29.7. The number of ether oxygens (including phenoxy) is 4. The molecule has 6 bridgehead atoms. The highest BCUT2D eigenvalue weighted by atomic mass is 16.5. The van der Waals surface area contributed by atoms with Gasteiger partial charge in [-0.25, -0.2) is 0 Å². The fourth-order valence-corrected chi connectivity index (χ4v) is 6.89. The first-order valence-corrected chi connectivity index (χ1v) is 15.0. The van der Waals surface area contributed by atoms with Gasteiger partial charge in [0.05, 0.1) is 14.2 Å². The molecule has 0 spiro atoms. The van der Waals surface area contributed by atoms with Crippen molar-refractivity contribution in [3.63, 3.8) is 0 Å². The molecule has 7 heteroatoms. The topological polar surface area (TPSA) is 63.6 Å². The van der Waals surface area contributed by atoms with E-state index in [9.17, 15) is 5.11 Å². The maximum atomic E-state index is 11.5. The minimum Gasteiger partial charge on any atom is -0.502 e. The summed E-state index contributed by atoms with van der Waals surface area (Å²) in [7, 11) is 7.57. The van der Waals surface area contributed by atoms with Crippen molar-refractivity contribution in [1.82, 2.24) is 9.80 Å². The van der Waals surface area contributed by atoms with Gasteiger partial charge in [-0.1, -0.05) is 24.3 Å². The Morgan fingerprint density at radius 3 is 2.14 bits per heavy atom. The van der Waals surface area contributed by atoms with E-state index >= 15 is 0 Å². The minimum absolute atomic E-state index is 0.0284. The highest BCUT2D eigenvalue weighted by Gasteiger charge is 2.33. The molecule has 1 N–H and O–H groups in total. The molecule has 8 rings (SSSR count). The van der Waals surface area contributed by atoms with E-state index in [1.165, 1.54) is 16.7 Å². The summed E-state index contributed by atoms with van der Waals surface area (Å²) in [6.45, 7) is 1.87. The molecule has 0 radical (unpaired) electrons. The molecule has 222 valence electrons. The molecule has 2 atom stereocenters. The number of likely N-dealkylation sites (N-methyl/N-ethyl adjacent to an activating group) is 2. The van der Waals surface area contributed by atoms with E-state index in [1.54, 1.807) is 14.2 Å². The standard InChI is InChI=1S/C36H38N2O5/c1-37-15-13-24-8-11-27-21-28(24)29(37)17-22-5-9-26(10-6-22)42-32-19-23(7-12-31(32)40-3)18-30-34-25(14-16-38(30)2)20-33(41-4)35(39)36(34)43-27/h5-12,19-21,29-30,39H,13-18H2,1-4H3/t29-,30-/m0/s1. The highest BCUT2D eigenvalue weighted by molar-refractivity contribution is 5.62. The van der Waals surface area contributed by atoms with Crippen molar-refractivity contribution < 1.29 is 24.1 Å². The first kappa shape index (κ1) is 27.6. The van der Waals surface area contributed by atoms with Gasteiger partial charge in [0, 0.05) is 30.7 Å². The molecule has 4 aromatic carbocycles. The van der Waals surface area contributed by atoms with Crippen LogP contribution in [0.25, 0.3) is 0 Å². The molecule has 4 aliphatic rings. The van der Waals surface area contributed by atoms with Gasteiger partial charge in [0.15, 0.2) is 23.0 Å². The van der Waals surface area contributed by atoms with Crippen molar-refractivity contribution >= 4 is 0 Å². The van der Waals surface area contributed by atoms with Gasteiger partial charge in [-0.3, -0.25) is 9.80 Å². The van der Waals surface area contributed by atoms with Crippen LogP contribution in [0.15, 0.2) is 66.7 Å². The van der Waals surface area contributed by atoms with E-state index in [4.69, 9.17) is 18.9 Å². The molecule has 0 amide bonds. The lowest BCUT2D eigenvalue weighted by Gasteiger charge is -2.37. The monoisotopic (exact) mass is 578 g/mol. The number of hydrogen-bond acceptors (Lipinski definition) is 7. The van der Waals surface area contributed by atoms with Crippen molar-refractivity contribution in [3.8, 4) is 40.2 Å². The van der Waals surface area contributed by atoms with Gasteiger partial charge in [-0.2, -0.15) is 0 Å². The van der Waals surface area contributed by atoms with Crippen molar-refractivity contribution in [2.45, 2.75) is 37.8 Å². The van der Waals surface area contributed by atoms with Crippen LogP contribution in [0.1, 0.15) is 45.5 Å². The Hall–Kier alpha value is -4.20. The third-order valence-electron chi connectivity index (χ3n) is 9.36. The maximum absolute atomic E-state index is 11.5. The average molecular weight is 579 g/mol. The zero-order valence-electron chi connectivity index (χ0n) is 25.2. The molecule has 0 unspecified atom stereocenters. The Kier molecular flexibility index (Phi) is 7.15. The minimum atomic E-state index is -0.0357. The average Bonchev–Trinajstić information content (AvgIpc) is 3.02. The molecule has 0 saturated heterocycles. The lowest BCUT2D eigenvalue weighted by Crippen LogP contribution is -2.34. The molecule has 4 aliphatic heterocycles. The van der Waals surface area contributed by atoms with E-state index in [0.717, 1.165) is 54.8 Å². The zero-order valence-corrected chi connectivity index (χ0v) is 25.2. The Morgan fingerprint density at radius 2 is 1.37 bits per heavy atom. The van der Waals surface area contributed by atoms with Crippen LogP contribution in [0.3, 0.4) is 0 Å². The second kappa shape index (κ2) is 11.1. The van der Waals surface area contributed by atoms with Gasteiger partial charge < -0.3 is 24.1 Å². The highest BCUT2D eigenvalue weighted by Crippen LogP contribution is 2.50. The van der Waals surface area contributed by atoms with Gasteiger partial charge in [0.25, 0.3) is 0 Å². The van der Waals surface area contributed by atoms with Gasteiger partial charge in [-0.15, -0.1) is 0 Å². The molecular weight excluding hydrogens is 540 g/mol. The second-order valence-electron chi connectivity index (χ2n) is 11.9. The molecule has 0 aromatic heterocycles. The largest absolute Gasteiger partial charge is 0.502 e. The van der Waals surface area contributed by atoms with Crippen LogP contribution in [0.4, 0.5) is 0 Å². The molecular formula is C36H38N2O5. The van der Waals surface area contributed by atoms with E-state index in [-0.39, 0.29) is 17.8 Å². The van der Waals surface area contributed by atoms with Crippen molar-refractivity contribution in [3.05, 3.63) is 100 Å². The second-order valence-corrected chi connectivity index (χ2v) is 11.9. The van der Waals surface area contributed by atoms with E-state index in [0.29, 0.717) is 35.2 Å². The lowest BCUT2D eigenvalue weighted by molar-refractivity contribution is 0.221. The number of aromatic hydroxyl groups is 1. The van der Waals surface area contributed by atoms with Crippen LogP contribution in [0.2, 0.25) is 0 Å².